The van der Waals surface area contributed by atoms with Crippen molar-refractivity contribution in [2.75, 3.05) is 26.1 Å². The molecule has 30 heavy (non-hydrogen) atoms. The van der Waals surface area contributed by atoms with Gasteiger partial charge in [-0.1, -0.05) is 29.5 Å². The number of hydrogen-bond acceptors (Lipinski definition) is 8. The van der Waals surface area contributed by atoms with Crippen LogP contribution in [0.3, 0.4) is 0 Å². The summed E-state index contributed by atoms with van der Waals surface area (Å²) < 4.78 is 17.8. The lowest BCUT2D eigenvalue weighted by Crippen LogP contribution is -2.20. The van der Waals surface area contributed by atoms with E-state index in [1.807, 2.05) is 37.3 Å². The normalized spacial score (nSPS) is 10.8. The number of para-hydroxylation sites is 1. The quantitative estimate of drug-likeness (QED) is 0.485. The maximum Gasteiger partial charge on any atom is 0.264 e. The van der Waals surface area contributed by atoms with Gasteiger partial charge in [0, 0.05) is 5.56 Å². The lowest BCUT2D eigenvalue weighted by molar-refractivity contribution is -0.118. The van der Waals surface area contributed by atoms with Crippen LogP contribution in [-0.4, -0.2) is 46.5 Å². The lowest BCUT2D eigenvalue weighted by atomic mass is 10.2. The van der Waals surface area contributed by atoms with Crippen LogP contribution in [0.5, 0.6) is 17.2 Å². The number of nitrogens with one attached hydrogen (secondary N) is 1. The predicted octanol–water partition coefficient (Wildman–Crippen LogP) is 3.20. The number of anilines is 1. The zero-order valence-corrected chi connectivity index (χ0v) is 17.4. The van der Waals surface area contributed by atoms with Crippen molar-refractivity contribution in [3.63, 3.8) is 0 Å². The first-order chi connectivity index (χ1) is 14.6. The van der Waals surface area contributed by atoms with E-state index in [4.69, 9.17) is 14.2 Å². The molecule has 0 aliphatic carbocycles. The van der Waals surface area contributed by atoms with E-state index in [9.17, 15) is 4.79 Å². The SMILES string of the molecule is COc1ccc(-c2nnc3sc(NC(=O)COc4ccccc4C)nn23)cc1OC. The Balaban J connectivity index is 1.50. The minimum atomic E-state index is -0.309. The molecule has 0 saturated heterocycles. The largest absolute Gasteiger partial charge is 0.493 e. The monoisotopic (exact) mass is 425 g/mol. The molecular weight excluding hydrogens is 406 g/mol. The molecule has 0 unspecified atom stereocenters. The first-order valence-corrected chi connectivity index (χ1v) is 9.83. The zero-order chi connectivity index (χ0) is 21.1. The number of methoxy groups -OCH3 is 2. The fraction of sp³-hybridized carbons (Fsp3) is 0.200. The molecule has 0 spiro atoms. The van der Waals surface area contributed by atoms with Crippen LogP contribution in [0.1, 0.15) is 5.56 Å². The molecule has 0 aliphatic heterocycles. The van der Waals surface area contributed by atoms with E-state index in [-0.39, 0.29) is 12.5 Å². The summed E-state index contributed by atoms with van der Waals surface area (Å²) in [5.74, 6) is 2.07. The van der Waals surface area contributed by atoms with Crippen molar-refractivity contribution in [3.8, 4) is 28.6 Å². The van der Waals surface area contributed by atoms with Crippen LogP contribution >= 0.6 is 11.3 Å². The second kappa shape index (κ2) is 8.37. The summed E-state index contributed by atoms with van der Waals surface area (Å²) in [6.07, 6.45) is 0. The van der Waals surface area contributed by atoms with Crippen molar-refractivity contribution >= 4 is 27.3 Å². The van der Waals surface area contributed by atoms with E-state index in [2.05, 4.69) is 20.6 Å². The van der Waals surface area contributed by atoms with E-state index in [1.54, 1.807) is 30.9 Å². The highest BCUT2D eigenvalue weighted by molar-refractivity contribution is 7.20. The maximum absolute atomic E-state index is 12.3. The Morgan fingerprint density at radius 2 is 1.87 bits per heavy atom. The number of benzene rings is 2. The molecule has 4 rings (SSSR count). The Hall–Kier alpha value is -3.66. The highest BCUT2D eigenvalue weighted by atomic mass is 32.1. The van der Waals surface area contributed by atoms with Gasteiger partial charge in [-0.25, -0.2) is 0 Å². The second-order valence-electron chi connectivity index (χ2n) is 6.30. The average Bonchev–Trinajstić information content (AvgIpc) is 3.32. The average molecular weight is 425 g/mol. The molecule has 4 aromatic rings. The number of carbonyl (C=O) groups excluding carboxylic acids is 1. The van der Waals surface area contributed by atoms with Crippen LogP contribution in [0.15, 0.2) is 42.5 Å². The summed E-state index contributed by atoms with van der Waals surface area (Å²) in [7, 11) is 3.14. The molecule has 0 aliphatic rings. The number of aromatic nitrogens is 4. The Labute approximate surface area is 176 Å². The van der Waals surface area contributed by atoms with Gasteiger partial charge >= 0.3 is 0 Å². The van der Waals surface area contributed by atoms with Crippen molar-refractivity contribution in [2.45, 2.75) is 6.92 Å². The van der Waals surface area contributed by atoms with Crippen molar-refractivity contribution in [3.05, 3.63) is 48.0 Å². The molecule has 9 nitrogen and oxygen atoms in total. The van der Waals surface area contributed by atoms with Crippen molar-refractivity contribution in [2.24, 2.45) is 0 Å². The van der Waals surface area contributed by atoms with Gasteiger partial charge in [-0.3, -0.25) is 10.1 Å². The van der Waals surface area contributed by atoms with Gasteiger partial charge in [-0.2, -0.15) is 4.52 Å². The van der Waals surface area contributed by atoms with Crippen molar-refractivity contribution in [1.82, 2.24) is 19.8 Å². The molecule has 2 heterocycles. The van der Waals surface area contributed by atoms with Gasteiger partial charge in [-0.05, 0) is 36.8 Å². The minimum Gasteiger partial charge on any atom is -0.493 e. The second-order valence-corrected chi connectivity index (χ2v) is 7.25. The molecule has 1 amide bonds. The first kappa shape index (κ1) is 19.6. The minimum absolute atomic E-state index is 0.118. The third-order valence-corrected chi connectivity index (χ3v) is 5.15. The van der Waals surface area contributed by atoms with Crippen LogP contribution < -0.4 is 19.5 Å². The topological polar surface area (TPSA) is 99.9 Å². The Bertz CT molecular complexity index is 1200. The Kier molecular flexibility index (Phi) is 5.48. The summed E-state index contributed by atoms with van der Waals surface area (Å²) in [4.78, 5) is 12.8. The van der Waals surface area contributed by atoms with Crippen LogP contribution in [0.2, 0.25) is 0 Å². The van der Waals surface area contributed by atoms with Crippen molar-refractivity contribution < 1.29 is 19.0 Å². The van der Waals surface area contributed by atoms with Crippen LogP contribution in [0, 0.1) is 6.92 Å². The molecule has 0 atom stereocenters. The van der Waals surface area contributed by atoms with Crippen LogP contribution in [-0.2, 0) is 4.79 Å². The number of amides is 1. The number of carbonyl (C=O) groups is 1. The molecule has 2 aromatic heterocycles. The standard InChI is InChI=1S/C20H19N5O4S/c1-12-6-4-5-7-14(12)29-11-17(26)21-19-24-25-18(22-23-20(25)30-19)13-8-9-15(27-2)16(10-13)28-3/h4-10H,11H2,1-3H3,(H,21,24,26). The summed E-state index contributed by atoms with van der Waals surface area (Å²) in [5.41, 5.74) is 1.72. The predicted molar refractivity (Wildman–Crippen MR) is 113 cm³/mol. The van der Waals surface area contributed by atoms with Crippen LogP contribution in [0.4, 0.5) is 5.13 Å². The summed E-state index contributed by atoms with van der Waals surface area (Å²) >= 11 is 1.22. The molecule has 0 fully saturated rings. The highest BCUT2D eigenvalue weighted by Crippen LogP contribution is 2.32. The number of hydrogen-bond donors (Lipinski definition) is 1. The Morgan fingerprint density at radius 3 is 2.63 bits per heavy atom. The molecule has 0 radical (unpaired) electrons. The number of rotatable bonds is 7. The van der Waals surface area contributed by atoms with Gasteiger partial charge in [0.05, 0.1) is 14.2 Å². The summed E-state index contributed by atoms with van der Waals surface area (Å²) in [6, 6.07) is 12.9. The third kappa shape index (κ3) is 3.90. The van der Waals surface area contributed by atoms with Crippen molar-refractivity contribution in [1.29, 1.82) is 0 Å². The molecule has 10 heteroatoms. The first-order valence-electron chi connectivity index (χ1n) is 9.02. The molecule has 154 valence electrons. The zero-order valence-electron chi connectivity index (χ0n) is 16.6. The molecule has 0 bridgehead atoms. The fourth-order valence-electron chi connectivity index (χ4n) is 2.84. The van der Waals surface area contributed by atoms with Gasteiger partial charge in [0.2, 0.25) is 10.1 Å². The maximum atomic E-state index is 12.3. The van der Waals surface area contributed by atoms with E-state index in [0.29, 0.717) is 33.2 Å². The van der Waals surface area contributed by atoms with Gasteiger partial charge in [0.15, 0.2) is 23.9 Å². The van der Waals surface area contributed by atoms with E-state index in [1.165, 1.54) is 11.3 Å². The number of ether oxygens (including phenoxy) is 3. The van der Waals surface area contributed by atoms with Gasteiger partial charge in [0.25, 0.3) is 5.91 Å². The lowest BCUT2D eigenvalue weighted by Gasteiger charge is -2.08. The summed E-state index contributed by atoms with van der Waals surface area (Å²) in [5, 5.41) is 15.9. The molecular formula is C20H19N5O4S. The Morgan fingerprint density at radius 1 is 1.07 bits per heavy atom. The molecule has 2 aromatic carbocycles. The highest BCUT2D eigenvalue weighted by Gasteiger charge is 2.17. The van der Waals surface area contributed by atoms with E-state index in [0.717, 1.165) is 11.1 Å². The van der Waals surface area contributed by atoms with E-state index >= 15 is 0 Å². The number of aryl methyl sites for hydroxylation is 1. The van der Waals surface area contributed by atoms with Crippen LogP contribution in [0.25, 0.3) is 16.3 Å². The molecule has 0 saturated carbocycles. The molecule has 1 N–H and O–H groups in total. The van der Waals surface area contributed by atoms with Gasteiger partial charge in [0.1, 0.15) is 5.75 Å². The van der Waals surface area contributed by atoms with Gasteiger partial charge < -0.3 is 14.2 Å². The smallest absolute Gasteiger partial charge is 0.264 e. The number of fused-ring (bicyclic) bond motifs is 1. The summed E-state index contributed by atoms with van der Waals surface area (Å²) in [6.45, 7) is 1.80. The fourth-order valence-corrected chi connectivity index (χ4v) is 3.60. The number of nitrogens with zero attached hydrogens (tertiary/aromatic N) is 4. The third-order valence-electron chi connectivity index (χ3n) is 4.33. The van der Waals surface area contributed by atoms with Gasteiger partial charge in [-0.15, -0.1) is 15.3 Å². The van der Waals surface area contributed by atoms with E-state index < -0.39 is 0 Å².